The van der Waals surface area contributed by atoms with E-state index in [-0.39, 0.29) is 23.1 Å². The molecule has 8 nitrogen and oxygen atoms in total. The van der Waals surface area contributed by atoms with Gasteiger partial charge in [0, 0.05) is 6.07 Å². The maximum absolute atomic E-state index is 10.6. The number of hydrogen-bond donors (Lipinski definition) is 2. The van der Waals surface area contributed by atoms with Crippen molar-refractivity contribution < 1.29 is 53.2 Å². The summed E-state index contributed by atoms with van der Waals surface area (Å²) in [6, 6.07) is 0.520. The van der Waals surface area contributed by atoms with E-state index in [4.69, 9.17) is 10.2 Å². The van der Waals surface area contributed by atoms with Gasteiger partial charge in [0.25, 0.3) is 0 Å². The van der Waals surface area contributed by atoms with Crippen LogP contribution in [0.4, 0.5) is 0 Å². The molecule has 96 valence electrons. The number of rotatable bonds is 2. The zero-order valence-corrected chi connectivity index (χ0v) is 10.4. The maximum atomic E-state index is 10.6. The van der Waals surface area contributed by atoms with Crippen molar-refractivity contribution in [2.24, 2.45) is 0 Å². The first-order valence-corrected chi connectivity index (χ1v) is 6.33. The van der Waals surface area contributed by atoms with Crippen LogP contribution in [0, 0.1) is 0 Å². The van der Waals surface area contributed by atoms with Crippen LogP contribution < -0.4 is 0 Å². The molecule has 0 aromatic heterocycles. The maximum Gasteiger partial charge on any atom is 2.00 e. The first kappa shape index (κ1) is 16.2. The second-order valence-corrected chi connectivity index (χ2v) is 5.43. The normalized spacial score (nSPS) is 11.9. The van der Waals surface area contributed by atoms with Crippen LogP contribution in [0.15, 0.2) is 21.9 Å². The summed E-state index contributed by atoms with van der Waals surface area (Å²) in [6.45, 7) is 0. The Morgan fingerprint density at radius 3 is 1.76 bits per heavy atom. The van der Waals surface area contributed by atoms with Gasteiger partial charge in [0.15, 0.2) is 11.5 Å². The SMILES string of the molecule is O=S(=O)([O-])c1cc(O)c(O)c(S(=O)(=O)[O-])c1.[Fe+2]. The Labute approximate surface area is 107 Å². The molecule has 17 heavy (non-hydrogen) atoms. The van der Waals surface area contributed by atoms with Crippen LogP contribution in [0.3, 0.4) is 0 Å². The average molecular weight is 324 g/mol. The van der Waals surface area contributed by atoms with Gasteiger partial charge < -0.3 is 19.3 Å². The summed E-state index contributed by atoms with van der Waals surface area (Å²) in [5.41, 5.74) is 0. The molecule has 0 bridgehead atoms. The van der Waals surface area contributed by atoms with Gasteiger partial charge in [-0.2, -0.15) is 0 Å². The number of phenols is 2. The van der Waals surface area contributed by atoms with Gasteiger partial charge >= 0.3 is 17.1 Å². The van der Waals surface area contributed by atoms with Crippen LogP contribution in [-0.2, 0) is 37.3 Å². The Hall–Kier alpha value is -0.841. The number of benzene rings is 1. The molecule has 0 saturated heterocycles. The van der Waals surface area contributed by atoms with Gasteiger partial charge in [-0.05, 0) is 6.07 Å². The van der Waals surface area contributed by atoms with Gasteiger partial charge in [0.05, 0.1) is 4.90 Å². The molecule has 0 atom stereocenters. The molecule has 0 saturated carbocycles. The number of aromatic hydroxyl groups is 2. The molecule has 11 heteroatoms. The fourth-order valence-electron chi connectivity index (χ4n) is 0.903. The first-order valence-electron chi connectivity index (χ1n) is 3.51. The molecule has 0 unspecified atom stereocenters. The van der Waals surface area contributed by atoms with Crippen LogP contribution in [0.5, 0.6) is 11.5 Å². The number of hydrogen-bond acceptors (Lipinski definition) is 8. The molecular formula is C6H4FeO8S2. The third-order valence-electron chi connectivity index (χ3n) is 1.59. The molecule has 0 aliphatic heterocycles. The Morgan fingerprint density at radius 2 is 1.41 bits per heavy atom. The van der Waals surface area contributed by atoms with E-state index < -0.39 is 41.5 Å². The molecule has 0 amide bonds. The van der Waals surface area contributed by atoms with E-state index in [0.717, 1.165) is 0 Å². The third kappa shape index (κ3) is 3.56. The Balaban J connectivity index is 0.00000256. The monoisotopic (exact) mass is 324 g/mol. The topological polar surface area (TPSA) is 155 Å². The predicted octanol–water partition coefficient (Wildman–Crippen LogP) is -1.10. The zero-order chi connectivity index (χ0) is 12.7. The van der Waals surface area contributed by atoms with Gasteiger partial charge in [-0.1, -0.05) is 0 Å². The van der Waals surface area contributed by atoms with Crippen LogP contribution in [0.25, 0.3) is 0 Å². The molecule has 0 radical (unpaired) electrons. The van der Waals surface area contributed by atoms with Crippen molar-refractivity contribution in [3.63, 3.8) is 0 Å². The minimum atomic E-state index is -5.20. The average Bonchev–Trinajstić information content (AvgIpc) is 2.05. The molecule has 0 spiro atoms. The summed E-state index contributed by atoms with van der Waals surface area (Å²) in [5, 5.41) is 17.9. The van der Waals surface area contributed by atoms with E-state index in [1.165, 1.54) is 0 Å². The quantitative estimate of drug-likeness (QED) is 0.395. The van der Waals surface area contributed by atoms with E-state index in [1.807, 2.05) is 0 Å². The van der Waals surface area contributed by atoms with E-state index >= 15 is 0 Å². The standard InChI is InChI=1S/C6H6O8S2.Fe/c7-4-1-3(15(9,10)11)2-5(6(4)8)16(12,13)14;/h1-2,7-8H,(H,9,10,11)(H,12,13,14);/q;+2/p-2. The minimum absolute atomic E-state index is 0. The fraction of sp³-hybridized carbons (Fsp3) is 0. The Morgan fingerprint density at radius 1 is 0.941 bits per heavy atom. The van der Waals surface area contributed by atoms with Crippen molar-refractivity contribution in [3.8, 4) is 11.5 Å². The summed E-state index contributed by atoms with van der Waals surface area (Å²) in [6.07, 6.45) is 0. The van der Waals surface area contributed by atoms with Crippen molar-refractivity contribution >= 4 is 20.2 Å². The summed E-state index contributed by atoms with van der Waals surface area (Å²) in [4.78, 5) is -2.50. The Kier molecular flexibility index (Phi) is 4.56. The number of phenolic OH excluding ortho intramolecular Hbond substituents is 2. The van der Waals surface area contributed by atoms with Crippen LogP contribution >= 0.6 is 0 Å². The molecule has 0 aliphatic rings. The third-order valence-corrected chi connectivity index (χ3v) is 3.25. The van der Waals surface area contributed by atoms with Crippen LogP contribution in [-0.4, -0.2) is 36.2 Å². The van der Waals surface area contributed by atoms with Crippen molar-refractivity contribution in [3.05, 3.63) is 12.1 Å². The van der Waals surface area contributed by atoms with E-state index in [0.29, 0.717) is 6.07 Å². The van der Waals surface area contributed by atoms with E-state index in [1.54, 1.807) is 0 Å². The minimum Gasteiger partial charge on any atom is -0.744 e. The summed E-state index contributed by atoms with van der Waals surface area (Å²) in [5.74, 6) is -2.49. The summed E-state index contributed by atoms with van der Waals surface area (Å²) in [7, 11) is -10.3. The zero-order valence-electron chi connectivity index (χ0n) is 7.67. The van der Waals surface area contributed by atoms with Crippen molar-refractivity contribution in [2.75, 3.05) is 0 Å². The van der Waals surface area contributed by atoms with Gasteiger partial charge in [-0.15, -0.1) is 0 Å². The van der Waals surface area contributed by atoms with Crippen molar-refractivity contribution in [2.45, 2.75) is 9.79 Å². The molecule has 0 aliphatic carbocycles. The molecule has 1 aromatic carbocycles. The molecule has 1 rings (SSSR count). The van der Waals surface area contributed by atoms with Crippen LogP contribution in [0.2, 0.25) is 0 Å². The molecule has 1 aromatic rings. The van der Waals surface area contributed by atoms with Gasteiger partial charge in [0.1, 0.15) is 25.1 Å². The van der Waals surface area contributed by atoms with E-state index in [9.17, 15) is 25.9 Å². The second kappa shape index (κ2) is 4.80. The van der Waals surface area contributed by atoms with Crippen molar-refractivity contribution in [1.82, 2.24) is 0 Å². The fourth-order valence-corrected chi connectivity index (χ4v) is 2.11. The predicted molar refractivity (Wildman–Crippen MR) is 45.7 cm³/mol. The summed E-state index contributed by atoms with van der Waals surface area (Å²) >= 11 is 0. The van der Waals surface area contributed by atoms with Gasteiger partial charge in [0.2, 0.25) is 0 Å². The van der Waals surface area contributed by atoms with Crippen LogP contribution in [0.1, 0.15) is 0 Å². The van der Waals surface area contributed by atoms with Gasteiger partial charge in [-0.3, -0.25) is 0 Å². The largest absolute Gasteiger partial charge is 2.00 e. The van der Waals surface area contributed by atoms with E-state index in [2.05, 4.69) is 0 Å². The molecule has 0 heterocycles. The molecule has 2 N–H and O–H groups in total. The first-order chi connectivity index (χ1) is 7.03. The Bertz CT molecular complexity index is 632. The van der Waals surface area contributed by atoms with Gasteiger partial charge in [-0.25, -0.2) is 16.8 Å². The van der Waals surface area contributed by atoms with Crippen molar-refractivity contribution in [1.29, 1.82) is 0 Å². The summed E-state index contributed by atoms with van der Waals surface area (Å²) < 4.78 is 63.3. The second-order valence-electron chi connectivity index (χ2n) is 2.70. The smallest absolute Gasteiger partial charge is 0.744 e. The molecule has 0 fully saturated rings. The molecular weight excluding hydrogens is 320 g/mol.